The third kappa shape index (κ3) is 3.56. The predicted molar refractivity (Wildman–Crippen MR) is 94.3 cm³/mol. The van der Waals surface area contributed by atoms with Gasteiger partial charge in [0.05, 0.1) is 22.6 Å². The lowest BCUT2D eigenvalue weighted by molar-refractivity contribution is 0.598. The number of nitrogens with two attached hydrogens (primary N) is 1. The molecule has 126 valence electrons. The van der Waals surface area contributed by atoms with Gasteiger partial charge < -0.3 is 0 Å². The predicted octanol–water partition coefficient (Wildman–Crippen LogP) is 3.03. The number of rotatable bonds is 4. The minimum absolute atomic E-state index is 0.0165. The summed E-state index contributed by atoms with van der Waals surface area (Å²) in [5.41, 5.74) is 2.73. The molecule has 0 amide bonds. The first-order valence-electron chi connectivity index (χ1n) is 7.22. The zero-order valence-corrected chi connectivity index (χ0v) is 14.4. The van der Waals surface area contributed by atoms with Crippen molar-refractivity contribution in [2.75, 3.05) is 0 Å². The zero-order chi connectivity index (χ0) is 18.0. The smallest absolute Gasteiger partial charge is 0.238 e. The standard InChI is InChI=1S/C17H13ClN4O2S/c18-13-5-1-11(2-6-13)15(9-19)16-10-21-22-17(16)12-3-7-14(8-4-12)25(20,23)24/h1-8,10,15H,(H,21,22)(H2,20,23,24). The Bertz CT molecular complexity index is 1040. The normalized spacial score (nSPS) is 12.5. The topological polar surface area (TPSA) is 113 Å². The molecule has 0 aliphatic rings. The molecule has 0 aliphatic heterocycles. The molecule has 8 heteroatoms. The molecule has 2 aromatic carbocycles. The van der Waals surface area contributed by atoms with E-state index in [9.17, 15) is 13.7 Å². The number of nitriles is 1. The molecule has 0 saturated carbocycles. The zero-order valence-electron chi connectivity index (χ0n) is 12.8. The number of aromatic nitrogens is 2. The van der Waals surface area contributed by atoms with Crippen molar-refractivity contribution in [1.29, 1.82) is 5.26 Å². The largest absolute Gasteiger partial charge is 0.285 e. The number of hydrogen-bond acceptors (Lipinski definition) is 4. The van der Waals surface area contributed by atoms with Crippen molar-refractivity contribution < 1.29 is 8.42 Å². The number of nitrogens with one attached hydrogen (secondary N) is 1. The van der Waals surface area contributed by atoms with Crippen LogP contribution in [0.3, 0.4) is 0 Å². The SMILES string of the molecule is N#CC(c1ccc(Cl)cc1)c1c[nH]nc1-c1ccc(S(N)(=O)=O)cc1. The van der Waals surface area contributed by atoms with Crippen molar-refractivity contribution in [3.8, 4) is 17.3 Å². The van der Waals surface area contributed by atoms with Crippen LogP contribution in [-0.4, -0.2) is 18.6 Å². The Morgan fingerprint density at radius 1 is 1.12 bits per heavy atom. The van der Waals surface area contributed by atoms with E-state index in [4.69, 9.17) is 16.7 Å². The number of benzene rings is 2. The third-order valence-electron chi connectivity index (χ3n) is 3.77. The van der Waals surface area contributed by atoms with Gasteiger partial charge in [0, 0.05) is 22.3 Å². The average molecular weight is 373 g/mol. The fourth-order valence-corrected chi connectivity index (χ4v) is 3.17. The van der Waals surface area contributed by atoms with E-state index in [1.807, 2.05) is 0 Å². The highest BCUT2D eigenvalue weighted by molar-refractivity contribution is 7.89. The number of primary sulfonamides is 1. The number of hydrogen-bond donors (Lipinski definition) is 2. The van der Waals surface area contributed by atoms with Crippen molar-refractivity contribution in [3.63, 3.8) is 0 Å². The Hall–Kier alpha value is -2.66. The highest BCUT2D eigenvalue weighted by atomic mass is 35.5. The maximum Gasteiger partial charge on any atom is 0.238 e. The van der Waals surface area contributed by atoms with Crippen LogP contribution in [0.25, 0.3) is 11.3 Å². The summed E-state index contributed by atoms with van der Waals surface area (Å²) in [6.45, 7) is 0. The van der Waals surface area contributed by atoms with Crippen LogP contribution in [-0.2, 0) is 10.0 Å². The van der Waals surface area contributed by atoms with E-state index in [0.29, 0.717) is 21.8 Å². The highest BCUT2D eigenvalue weighted by Gasteiger charge is 2.20. The summed E-state index contributed by atoms with van der Waals surface area (Å²) in [7, 11) is -3.76. The second-order valence-electron chi connectivity index (χ2n) is 5.37. The lowest BCUT2D eigenvalue weighted by Crippen LogP contribution is -2.11. The molecule has 0 aliphatic carbocycles. The van der Waals surface area contributed by atoms with Crippen molar-refractivity contribution in [2.45, 2.75) is 10.8 Å². The molecule has 1 heterocycles. The summed E-state index contributed by atoms with van der Waals surface area (Å²) in [4.78, 5) is 0.0165. The molecule has 0 radical (unpaired) electrons. The summed E-state index contributed by atoms with van der Waals surface area (Å²) >= 11 is 5.90. The Morgan fingerprint density at radius 2 is 1.76 bits per heavy atom. The van der Waals surface area contributed by atoms with Gasteiger partial charge >= 0.3 is 0 Å². The van der Waals surface area contributed by atoms with Crippen LogP contribution < -0.4 is 5.14 Å². The van der Waals surface area contributed by atoms with Gasteiger partial charge in [-0.2, -0.15) is 10.4 Å². The summed E-state index contributed by atoms with van der Waals surface area (Å²) in [5.74, 6) is -0.538. The molecule has 0 bridgehead atoms. The van der Waals surface area contributed by atoms with E-state index in [0.717, 1.165) is 5.56 Å². The molecule has 6 nitrogen and oxygen atoms in total. The Kier molecular flexibility index (Phi) is 4.59. The maximum atomic E-state index is 11.4. The number of halogens is 1. The quantitative estimate of drug-likeness (QED) is 0.732. The molecular weight excluding hydrogens is 360 g/mol. The molecule has 3 rings (SSSR count). The van der Waals surface area contributed by atoms with Crippen LogP contribution in [0, 0.1) is 11.3 Å². The van der Waals surface area contributed by atoms with Gasteiger partial charge in [0.2, 0.25) is 10.0 Å². The van der Waals surface area contributed by atoms with Gasteiger partial charge in [-0.05, 0) is 29.8 Å². The maximum absolute atomic E-state index is 11.4. The van der Waals surface area contributed by atoms with Crippen LogP contribution in [0.15, 0.2) is 59.6 Å². The van der Waals surface area contributed by atoms with E-state index < -0.39 is 15.9 Å². The van der Waals surface area contributed by atoms with E-state index in [2.05, 4.69) is 16.3 Å². The molecular formula is C17H13ClN4O2S. The van der Waals surface area contributed by atoms with Crippen molar-refractivity contribution in [3.05, 3.63) is 70.9 Å². The Balaban J connectivity index is 2.02. The van der Waals surface area contributed by atoms with Crippen molar-refractivity contribution in [1.82, 2.24) is 10.2 Å². The van der Waals surface area contributed by atoms with E-state index >= 15 is 0 Å². The monoisotopic (exact) mass is 372 g/mol. The molecule has 0 saturated heterocycles. The number of nitrogens with zero attached hydrogens (tertiary/aromatic N) is 2. The summed E-state index contributed by atoms with van der Waals surface area (Å²) in [6, 6.07) is 15.3. The number of aromatic amines is 1. The number of H-pyrrole nitrogens is 1. The van der Waals surface area contributed by atoms with Gasteiger partial charge in [-0.25, -0.2) is 13.6 Å². The number of sulfonamides is 1. The van der Waals surface area contributed by atoms with E-state index in [1.165, 1.54) is 12.1 Å². The van der Waals surface area contributed by atoms with Crippen LogP contribution in [0.2, 0.25) is 5.02 Å². The van der Waals surface area contributed by atoms with Gasteiger partial charge in [0.25, 0.3) is 0 Å². The fraction of sp³-hybridized carbons (Fsp3) is 0.0588. The van der Waals surface area contributed by atoms with Crippen molar-refractivity contribution in [2.24, 2.45) is 5.14 Å². The van der Waals surface area contributed by atoms with Crippen LogP contribution >= 0.6 is 11.6 Å². The molecule has 1 atom stereocenters. The molecule has 3 N–H and O–H groups in total. The Morgan fingerprint density at radius 3 is 2.32 bits per heavy atom. The van der Waals surface area contributed by atoms with Crippen molar-refractivity contribution >= 4 is 21.6 Å². The molecule has 0 fully saturated rings. The van der Waals surface area contributed by atoms with Gasteiger partial charge in [-0.1, -0.05) is 35.9 Å². The fourth-order valence-electron chi connectivity index (χ4n) is 2.53. The van der Waals surface area contributed by atoms with Crippen LogP contribution in [0.5, 0.6) is 0 Å². The molecule has 1 unspecified atom stereocenters. The van der Waals surface area contributed by atoms with Crippen LogP contribution in [0.1, 0.15) is 17.0 Å². The van der Waals surface area contributed by atoms with Gasteiger partial charge in [-0.3, -0.25) is 5.10 Å². The first-order chi connectivity index (χ1) is 11.9. The lowest BCUT2D eigenvalue weighted by atomic mass is 9.91. The summed E-state index contributed by atoms with van der Waals surface area (Å²) in [6.07, 6.45) is 1.66. The van der Waals surface area contributed by atoms with Gasteiger partial charge in [0.15, 0.2) is 0 Å². The van der Waals surface area contributed by atoms with Gasteiger partial charge in [0.1, 0.15) is 0 Å². The third-order valence-corrected chi connectivity index (χ3v) is 4.95. The second-order valence-corrected chi connectivity index (χ2v) is 7.37. The first kappa shape index (κ1) is 17.2. The second kappa shape index (κ2) is 6.69. The molecule has 3 aromatic rings. The van der Waals surface area contributed by atoms with Crippen LogP contribution in [0.4, 0.5) is 0 Å². The van der Waals surface area contributed by atoms with E-state index in [-0.39, 0.29) is 4.90 Å². The van der Waals surface area contributed by atoms with E-state index in [1.54, 1.807) is 42.6 Å². The molecule has 25 heavy (non-hydrogen) atoms. The summed E-state index contributed by atoms with van der Waals surface area (Å²) < 4.78 is 22.7. The minimum Gasteiger partial charge on any atom is -0.285 e. The lowest BCUT2D eigenvalue weighted by Gasteiger charge is -2.10. The molecule has 1 aromatic heterocycles. The minimum atomic E-state index is -3.76. The highest BCUT2D eigenvalue weighted by Crippen LogP contribution is 2.32. The molecule has 0 spiro atoms. The summed E-state index contributed by atoms with van der Waals surface area (Å²) in [5, 5.41) is 22.3. The first-order valence-corrected chi connectivity index (χ1v) is 9.14. The Labute approximate surface area is 149 Å². The average Bonchev–Trinajstić information content (AvgIpc) is 3.06. The van der Waals surface area contributed by atoms with Gasteiger partial charge in [-0.15, -0.1) is 0 Å².